The molecule has 0 aromatic rings. The summed E-state index contributed by atoms with van der Waals surface area (Å²) in [4.78, 5) is 0. The van der Waals surface area contributed by atoms with E-state index in [1.807, 2.05) is 0 Å². The van der Waals surface area contributed by atoms with Crippen LogP contribution in [0.2, 0.25) is 0 Å². The van der Waals surface area contributed by atoms with Gasteiger partial charge in [-0.1, -0.05) is 353 Å². The predicted octanol–water partition coefficient (Wildman–Crippen LogP) is 22.6. The summed E-state index contributed by atoms with van der Waals surface area (Å²) in [6.45, 7) is 6.13. The third kappa shape index (κ3) is 55.7. The Labute approximate surface area is 371 Å². The molecule has 0 aliphatic heterocycles. The minimum Gasteiger partial charge on any atom is -0.103 e. The van der Waals surface area contributed by atoms with Gasteiger partial charge in [0.15, 0.2) is 0 Å². The summed E-state index contributed by atoms with van der Waals surface area (Å²) in [5.41, 5.74) is 0. The van der Waals surface area contributed by atoms with E-state index >= 15 is 0 Å². The van der Waals surface area contributed by atoms with E-state index in [9.17, 15) is 0 Å². The normalized spacial score (nSPS) is 11.6. The highest BCUT2D eigenvalue weighted by atomic mass is 14.1. The minimum atomic E-state index is 1.21. The third-order valence-corrected chi connectivity index (χ3v) is 13.8. The van der Waals surface area contributed by atoms with Crippen LogP contribution in [0.1, 0.15) is 360 Å². The summed E-state index contributed by atoms with van der Waals surface area (Å²) in [7, 11) is 0. The number of unbranched alkanes of at least 4 members (excludes halogenated alkanes) is 54. The molecule has 0 atom stereocenters. The van der Waals surface area contributed by atoms with E-state index in [1.165, 1.54) is 353 Å². The zero-order chi connectivity index (χ0) is 41.6. The zero-order valence-electron chi connectivity index (χ0n) is 41.2. The first-order valence-electron chi connectivity index (χ1n) is 28.5. The van der Waals surface area contributed by atoms with Gasteiger partial charge in [-0.05, 0) is 12.8 Å². The lowest BCUT2D eigenvalue weighted by Gasteiger charge is -2.05. The molecule has 0 rings (SSSR count). The van der Waals surface area contributed by atoms with Crippen molar-refractivity contribution in [2.75, 3.05) is 0 Å². The van der Waals surface area contributed by atoms with Gasteiger partial charge in [-0.25, -0.2) is 0 Å². The molecule has 348 valence electrons. The van der Waals surface area contributed by atoms with Crippen LogP contribution in [-0.4, -0.2) is 0 Å². The highest BCUT2D eigenvalue weighted by Crippen LogP contribution is 2.19. The summed E-state index contributed by atoms with van der Waals surface area (Å²) in [6.07, 6.45) is 83.4. The second-order valence-electron chi connectivity index (χ2n) is 19.8. The fourth-order valence-corrected chi connectivity index (χ4v) is 9.55. The third-order valence-electron chi connectivity index (χ3n) is 13.8. The molecule has 0 saturated heterocycles. The summed E-state index contributed by atoms with van der Waals surface area (Å²) in [5.74, 6) is 0. The van der Waals surface area contributed by atoms with E-state index < -0.39 is 0 Å². The molecule has 0 N–H and O–H groups in total. The van der Waals surface area contributed by atoms with E-state index in [2.05, 4.69) is 19.6 Å². The molecule has 0 heteroatoms. The van der Waals surface area contributed by atoms with Crippen molar-refractivity contribution in [3.63, 3.8) is 0 Å². The Kier molecular flexibility index (Phi) is 56.5. The molecule has 0 aliphatic rings. The minimum absolute atomic E-state index is 1.21. The quantitative estimate of drug-likeness (QED) is 0.0424. The zero-order valence-corrected chi connectivity index (χ0v) is 41.2. The van der Waals surface area contributed by atoms with Gasteiger partial charge in [0.25, 0.3) is 0 Å². The average molecular weight is 814 g/mol. The first-order valence-corrected chi connectivity index (χ1v) is 28.5. The number of allylic oxidation sites excluding steroid dienone is 1. The Morgan fingerprint density at radius 2 is 0.276 bits per heavy atom. The smallest absolute Gasteiger partial charge is 0.0353 e. The van der Waals surface area contributed by atoms with E-state index in [4.69, 9.17) is 0 Å². The van der Waals surface area contributed by atoms with Crippen LogP contribution in [0.15, 0.2) is 12.7 Å². The lowest BCUT2D eigenvalue weighted by atomic mass is 10.0. The van der Waals surface area contributed by atoms with Crippen molar-refractivity contribution in [2.45, 2.75) is 360 Å². The van der Waals surface area contributed by atoms with Crippen LogP contribution in [0.25, 0.3) is 0 Å². The molecule has 0 spiro atoms. The second kappa shape index (κ2) is 56.7. The molecule has 0 nitrogen and oxygen atoms in total. The van der Waals surface area contributed by atoms with Crippen molar-refractivity contribution in [1.29, 1.82) is 0 Å². The molecular weight excluding hydrogens is 697 g/mol. The number of rotatable bonds is 55. The van der Waals surface area contributed by atoms with Crippen LogP contribution in [0.5, 0.6) is 0 Å². The largest absolute Gasteiger partial charge is 0.103 e. The monoisotopic (exact) mass is 813 g/mol. The molecule has 0 aromatic heterocycles. The van der Waals surface area contributed by atoms with Gasteiger partial charge < -0.3 is 0 Å². The lowest BCUT2D eigenvalue weighted by molar-refractivity contribution is 0.507. The van der Waals surface area contributed by atoms with E-state index in [1.54, 1.807) is 0 Å². The van der Waals surface area contributed by atoms with Crippen LogP contribution in [0.4, 0.5) is 0 Å². The summed E-state index contributed by atoms with van der Waals surface area (Å²) < 4.78 is 0. The number of hydrogen-bond donors (Lipinski definition) is 0. The van der Waals surface area contributed by atoms with Gasteiger partial charge in [0.05, 0.1) is 0 Å². The van der Waals surface area contributed by atoms with Gasteiger partial charge in [0.2, 0.25) is 0 Å². The first-order chi connectivity index (χ1) is 28.9. The van der Waals surface area contributed by atoms with Crippen LogP contribution in [-0.2, 0) is 0 Å². The Morgan fingerprint density at radius 3 is 0.379 bits per heavy atom. The topological polar surface area (TPSA) is 0 Å². The molecule has 0 aliphatic carbocycles. The van der Waals surface area contributed by atoms with Crippen molar-refractivity contribution in [2.24, 2.45) is 0 Å². The highest BCUT2D eigenvalue weighted by Gasteiger charge is 1.99. The maximum atomic E-state index is 3.82. The van der Waals surface area contributed by atoms with Crippen molar-refractivity contribution < 1.29 is 0 Å². The Morgan fingerprint density at radius 1 is 0.172 bits per heavy atom. The molecule has 0 radical (unpaired) electrons. The predicted molar refractivity (Wildman–Crippen MR) is 270 cm³/mol. The Balaban J connectivity index is 3.06. The van der Waals surface area contributed by atoms with Gasteiger partial charge in [-0.15, -0.1) is 6.58 Å². The highest BCUT2D eigenvalue weighted by molar-refractivity contribution is 4.65. The van der Waals surface area contributed by atoms with E-state index in [-0.39, 0.29) is 0 Å². The van der Waals surface area contributed by atoms with E-state index in [0.29, 0.717) is 0 Å². The molecule has 0 unspecified atom stereocenters. The van der Waals surface area contributed by atoms with Crippen molar-refractivity contribution in [1.82, 2.24) is 0 Å². The van der Waals surface area contributed by atoms with Crippen molar-refractivity contribution in [3.8, 4) is 0 Å². The van der Waals surface area contributed by atoms with Gasteiger partial charge in [0, 0.05) is 0 Å². The van der Waals surface area contributed by atoms with Gasteiger partial charge in [-0.3, -0.25) is 0 Å². The van der Waals surface area contributed by atoms with Crippen LogP contribution in [0, 0.1) is 0 Å². The maximum Gasteiger partial charge on any atom is -0.0353 e. The van der Waals surface area contributed by atoms with Gasteiger partial charge in [0.1, 0.15) is 0 Å². The maximum absolute atomic E-state index is 3.82. The molecule has 0 amide bonds. The van der Waals surface area contributed by atoms with Crippen LogP contribution in [0.3, 0.4) is 0 Å². The molecule has 0 bridgehead atoms. The van der Waals surface area contributed by atoms with Crippen molar-refractivity contribution >= 4 is 0 Å². The van der Waals surface area contributed by atoms with Crippen LogP contribution >= 0.6 is 0 Å². The molecule has 0 aromatic carbocycles. The average Bonchev–Trinajstić information content (AvgIpc) is 3.23. The van der Waals surface area contributed by atoms with E-state index in [0.717, 1.165) is 0 Å². The fraction of sp³-hybridized carbons (Fsp3) is 0.966. The summed E-state index contributed by atoms with van der Waals surface area (Å²) >= 11 is 0. The van der Waals surface area contributed by atoms with Crippen molar-refractivity contribution in [3.05, 3.63) is 12.7 Å². The standard InChI is InChI=1S/C58H116/c1-3-5-7-9-11-13-15-17-19-21-23-25-27-29-31-33-35-37-39-41-43-45-47-49-51-53-55-57-58-56-54-52-50-48-46-44-42-40-38-36-34-32-30-28-26-24-22-20-18-16-14-12-10-8-6-4-2/h3H,1,4-58H2,2H3. The van der Waals surface area contributed by atoms with Gasteiger partial charge in [-0.2, -0.15) is 0 Å². The second-order valence-corrected chi connectivity index (χ2v) is 19.8. The molecule has 58 heavy (non-hydrogen) atoms. The Bertz CT molecular complexity index is 678. The summed E-state index contributed by atoms with van der Waals surface area (Å²) in [5, 5.41) is 0. The van der Waals surface area contributed by atoms with Crippen LogP contribution < -0.4 is 0 Å². The number of hydrogen-bond acceptors (Lipinski definition) is 0. The SMILES string of the molecule is C=CCCCCCCCCCCCCCCCCCCCCCCCCCCCCCCCCCCCCCCCCCCCCCCCCCCCCCCCC. The molecule has 0 heterocycles. The molecule has 0 saturated carbocycles. The Hall–Kier alpha value is -0.260. The fourth-order valence-electron chi connectivity index (χ4n) is 9.55. The molecular formula is C58H116. The molecule has 0 fully saturated rings. The lowest BCUT2D eigenvalue weighted by Crippen LogP contribution is -1.85. The summed E-state index contributed by atoms with van der Waals surface area (Å²) in [6, 6.07) is 0. The first kappa shape index (κ1) is 57.7. The van der Waals surface area contributed by atoms with Gasteiger partial charge >= 0.3 is 0 Å².